The van der Waals surface area contributed by atoms with Gasteiger partial charge in [-0.3, -0.25) is 4.90 Å². The highest BCUT2D eigenvalue weighted by Gasteiger charge is 2.37. The van der Waals surface area contributed by atoms with Gasteiger partial charge in [0.2, 0.25) is 0 Å². The summed E-state index contributed by atoms with van der Waals surface area (Å²) in [5.74, 6) is 3.21. The first-order valence-corrected chi connectivity index (χ1v) is 15.9. The van der Waals surface area contributed by atoms with E-state index >= 15 is 0 Å². The molecule has 0 saturated carbocycles. The van der Waals surface area contributed by atoms with Gasteiger partial charge in [-0.15, -0.1) is 0 Å². The Hall–Kier alpha value is -6.46. The molecule has 2 aromatic heterocycles. The van der Waals surface area contributed by atoms with Gasteiger partial charge in [-0.2, -0.15) is 0 Å². The molecule has 0 atom stereocenters. The summed E-state index contributed by atoms with van der Waals surface area (Å²) in [6, 6.07) is 53.3. The molecule has 0 fully saturated rings. The lowest BCUT2D eigenvalue weighted by atomic mass is 10.0. The minimum atomic E-state index is 0.782. The molecule has 0 unspecified atom stereocenters. The number of ether oxygens (including phenoxy) is 2. The third-order valence-corrected chi connectivity index (χ3v) is 9.65. The summed E-state index contributed by atoms with van der Waals surface area (Å²) >= 11 is 0. The molecule has 220 valence electrons. The summed E-state index contributed by atoms with van der Waals surface area (Å²) < 4.78 is 18.3. The van der Waals surface area contributed by atoms with Gasteiger partial charge in [0.15, 0.2) is 23.0 Å². The van der Waals surface area contributed by atoms with E-state index in [0.29, 0.717) is 0 Å². The van der Waals surface area contributed by atoms with Gasteiger partial charge >= 0.3 is 0 Å². The van der Waals surface area contributed by atoms with Crippen LogP contribution in [0.25, 0.3) is 55.0 Å². The van der Waals surface area contributed by atoms with Gasteiger partial charge < -0.3 is 18.6 Å². The SMILES string of the molecule is c1ccc(-n2c3ccccc3c3cc(-n4c5ccccc5c5cc6c7c(c54)Oc4ccccc4N7c4ccccc4O6)ccc32)cc1. The minimum absolute atomic E-state index is 0.782. The zero-order valence-corrected chi connectivity index (χ0v) is 25.1. The fraction of sp³-hybridized carbons (Fsp3) is 0. The summed E-state index contributed by atoms with van der Waals surface area (Å²) in [6.45, 7) is 0. The zero-order chi connectivity index (χ0) is 30.6. The van der Waals surface area contributed by atoms with Crippen LogP contribution in [0.4, 0.5) is 17.1 Å². The Morgan fingerprint density at radius 1 is 0.383 bits per heavy atom. The Kier molecular flexibility index (Phi) is 4.78. The van der Waals surface area contributed by atoms with Gasteiger partial charge in [-0.05, 0) is 72.8 Å². The fourth-order valence-corrected chi connectivity index (χ4v) is 7.72. The van der Waals surface area contributed by atoms with Crippen molar-refractivity contribution in [2.45, 2.75) is 0 Å². The number of para-hydroxylation sites is 7. The van der Waals surface area contributed by atoms with E-state index in [1.54, 1.807) is 0 Å². The van der Waals surface area contributed by atoms with Crippen LogP contribution in [-0.2, 0) is 0 Å². The highest BCUT2D eigenvalue weighted by molar-refractivity contribution is 6.16. The molecular formula is C42H25N3O2. The molecule has 0 N–H and O–H groups in total. The Morgan fingerprint density at radius 3 is 1.74 bits per heavy atom. The van der Waals surface area contributed by atoms with Crippen LogP contribution in [0.5, 0.6) is 23.0 Å². The number of fused-ring (bicyclic) bond motifs is 11. The lowest BCUT2D eigenvalue weighted by Crippen LogP contribution is -2.20. The summed E-state index contributed by atoms with van der Waals surface area (Å²) in [5.41, 5.74) is 9.60. The second-order valence-corrected chi connectivity index (χ2v) is 12.2. The van der Waals surface area contributed by atoms with Crippen LogP contribution in [-0.4, -0.2) is 9.13 Å². The van der Waals surface area contributed by atoms with Gasteiger partial charge in [0.25, 0.3) is 0 Å². The first kappa shape index (κ1) is 24.8. The lowest BCUT2D eigenvalue weighted by Gasteiger charge is -2.38. The molecule has 0 spiro atoms. The van der Waals surface area contributed by atoms with Gasteiger partial charge in [-0.1, -0.05) is 78.9 Å². The third-order valence-electron chi connectivity index (χ3n) is 9.65. The maximum absolute atomic E-state index is 6.92. The van der Waals surface area contributed by atoms with Gasteiger partial charge in [0.1, 0.15) is 5.69 Å². The Morgan fingerprint density at radius 2 is 0.979 bits per heavy atom. The van der Waals surface area contributed by atoms with E-state index in [-0.39, 0.29) is 0 Å². The Labute approximate surface area is 269 Å². The highest BCUT2D eigenvalue weighted by Crippen LogP contribution is 2.62. The monoisotopic (exact) mass is 603 g/mol. The van der Waals surface area contributed by atoms with E-state index in [1.807, 2.05) is 24.3 Å². The molecule has 0 radical (unpaired) electrons. The summed E-state index contributed by atoms with van der Waals surface area (Å²) in [5, 5.41) is 4.64. The number of hydrogen-bond acceptors (Lipinski definition) is 3. The third kappa shape index (κ3) is 3.27. The van der Waals surface area contributed by atoms with E-state index in [2.05, 4.69) is 141 Å². The molecule has 47 heavy (non-hydrogen) atoms. The Balaban J connectivity index is 1.25. The molecule has 2 aliphatic heterocycles. The van der Waals surface area contributed by atoms with Gasteiger partial charge in [0, 0.05) is 32.9 Å². The van der Waals surface area contributed by atoms with E-state index in [1.165, 1.54) is 21.8 Å². The maximum Gasteiger partial charge on any atom is 0.180 e. The second kappa shape index (κ2) is 9.05. The summed E-state index contributed by atoms with van der Waals surface area (Å²) in [7, 11) is 0. The summed E-state index contributed by atoms with van der Waals surface area (Å²) in [4.78, 5) is 2.29. The molecule has 11 rings (SSSR count). The van der Waals surface area contributed by atoms with Crippen molar-refractivity contribution in [3.05, 3.63) is 152 Å². The molecule has 7 aromatic carbocycles. The van der Waals surface area contributed by atoms with Crippen LogP contribution in [0.3, 0.4) is 0 Å². The quantitative estimate of drug-likeness (QED) is 0.197. The highest BCUT2D eigenvalue weighted by atomic mass is 16.5. The van der Waals surface area contributed by atoms with Crippen molar-refractivity contribution in [2.75, 3.05) is 4.90 Å². The van der Waals surface area contributed by atoms with Crippen LogP contribution < -0.4 is 14.4 Å². The van der Waals surface area contributed by atoms with Gasteiger partial charge in [-0.25, -0.2) is 0 Å². The molecule has 4 heterocycles. The molecule has 0 amide bonds. The number of nitrogens with zero attached hydrogens (tertiary/aromatic N) is 3. The van der Waals surface area contributed by atoms with Crippen molar-refractivity contribution in [3.63, 3.8) is 0 Å². The van der Waals surface area contributed by atoms with Crippen molar-refractivity contribution >= 4 is 60.7 Å². The van der Waals surface area contributed by atoms with Crippen LogP contribution in [0.2, 0.25) is 0 Å². The molecule has 5 nitrogen and oxygen atoms in total. The van der Waals surface area contributed by atoms with Crippen LogP contribution in [0.15, 0.2) is 152 Å². The van der Waals surface area contributed by atoms with Crippen molar-refractivity contribution in [1.29, 1.82) is 0 Å². The average Bonchev–Trinajstić information content (AvgIpc) is 3.64. The van der Waals surface area contributed by atoms with Crippen molar-refractivity contribution in [3.8, 4) is 34.4 Å². The summed E-state index contributed by atoms with van der Waals surface area (Å²) in [6.07, 6.45) is 0. The molecule has 0 bridgehead atoms. The van der Waals surface area contributed by atoms with E-state index < -0.39 is 0 Å². The smallest absolute Gasteiger partial charge is 0.180 e. The number of hydrogen-bond donors (Lipinski definition) is 0. The van der Waals surface area contributed by atoms with Crippen LogP contribution in [0.1, 0.15) is 0 Å². The number of rotatable bonds is 2. The normalized spacial score (nSPS) is 13.0. The predicted octanol–water partition coefficient (Wildman–Crippen LogP) is 11.6. The second-order valence-electron chi connectivity index (χ2n) is 12.2. The minimum Gasteiger partial charge on any atom is -0.453 e. The molecule has 2 aliphatic rings. The molecule has 9 aromatic rings. The largest absolute Gasteiger partial charge is 0.453 e. The van der Waals surface area contributed by atoms with Crippen molar-refractivity contribution < 1.29 is 9.47 Å². The number of benzene rings is 7. The number of anilines is 3. The maximum atomic E-state index is 6.92. The Bertz CT molecular complexity index is 2750. The first-order chi connectivity index (χ1) is 23.3. The van der Waals surface area contributed by atoms with E-state index in [9.17, 15) is 0 Å². The predicted molar refractivity (Wildman–Crippen MR) is 190 cm³/mol. The van der Waals surface area contributed by atoms with E-state index in [4.69, 9.17) is 9.47 Å². The van der Waals surface area contributed by atoms with E-state index in [0.717, 1.165) is 73.2 Å². The van der Waals surface area contributed by atoms with Crippen LogP contribution in [0, 0.1) is 0 Å². The standard InChI is InChI=1S/C42H25N3O2/c1-2-12-26(13-3-1)43-32-16-6-4-14-28(32)30-24-27(22-23-34(30)43)44-33-17-7-5-15-29(33)31-25-39-41-42(40(31)44)47-38-21-11-9-19-36(38)45(41)35-18-8-10-20-37(35)46-39/h1-25H. The van der Waals surface area contributed by atoms with Crippen LogP contribution >= 0.6 is 0 Å². The number of aromatic nitrogens is 2. The first-order valence-electron chi connectivity index (χ1n) is 15.9. The zero-order valence-electron chi connectivity index (χ0n) is 25.1. The fourth-order valence-electron chi connectivity index (χ4n) is 7.72. The molecule has 0 aliphatic carbocycles. The van der Waals surface area contributed by atoms with Crippen molar-refractivity contribution in [1.82, 2.24) is 9.13 Å². The molecular weight excluding hydrogens is 578 g/mol. The van der Waals surface area contributed by atoms with Gasteiger partial charge in [0.05, 0.1) is 33.4 Å². The lowest BCUT2D eigenvalue weighted by molar-refractivity contribution is 0.449. The average molecular weight is 604 g/mol. The van der Waals surface area contributed by atoms with Crippen molar-refractivity contribution in [2.24, 2.45) is 0 Å². The topological polar surface area (TPSA) is 31.6 Å². The molecule has 5 heteroatoms. The molecule has 0 saturated heterocycles.